The van der Waals surface area contributed by atoms with Crippen LogP contribution in [0, 0.1) is 5.82 Å². The first kappa shape index (κ1) is 14.4. The summed E-state index contributed by atoms with van der Waals surface area (Å²) in [7, 11) is 1.92. The Morgan fingerprint density at radius 2 is 2.08 bits per heavy atom. The van der Waals surface area contributed by atoms with Gasteiger partial charge >= 0.3 is 5.97 Å². The van der Waals surface area contributed by atoms with Crippen molar-refractivity contribution in [3.8, 4) is 11.5 Å². The van der Waals surface area contributed by atoms with E-state index < -0.39 is 18.2 Å². The number of aliphatic carboxylic acids is 1. The smallest absolute Gasteiger partial charge is 0.307 e. The van der Waals surface area contributed by atoms with Gasteiger partial charge in [-0.2, -0.15) is 0 Å². The highest BCUT2D eigenvalue weighted by Crippen LogP contribution is 2.33. The van der Waals surface area contributed by atoms with Crippen LogP contribution in [0.4, 0.5) is 4.39 Å². The van der Waals surface area contributed by atoms with Crippen LogP contribution in [-0.4, -0.2) is 20.6 Å². The third-order valence-electron chi connectivity index (χ3n) is 4.05. The van der Waals surface area contributed by atoms with Crippen LogP contribution in [-0.2, 0) is 18.3 Å². The van der Waals surface area contributed by atoms with Crippen LogP contribution < -0.4 is 0 Å². The molecule has 120 valence electrons. The molecule has 0 atom stereocenters. The van der Waals surface area contributed by atoms with Crippen LogP contribution in [0.15, 0.2) is 47.0 Å². The van der Waals surface area contributed by atoms with E-state index in [0.29, 0.717) is 11.4 Å². The van der Waals surface area contributed by atoms with Crippen molar-refractivity contribution in [2.24, 2.45) is 7.05 Å². The molecule has 6 heteroatoms. The van der Waals surface area contributed by atoms with Crippen LogP contribution in [0.5, 0.6) is 0 Å². The molecule has 24 heavy (non-hydrogen) atoms. The molecule has 2 heterocycles. The number of aromatic nitrogens is 2. The highest BCUT2D eigenvalue weighted by Gasteiger charge is 2.19. The topological polar surface area (TPSA) is 68.3 Å². The van der Waals surface area contributed by atoms with Gasteiger partial charge in [0, 0.05) is 29.7 Å². The number of rotatable bonds is 3. The lowest BCUT2D eigenvalue weighted by atomic mass is 10.1. The quantitative estimate of drug-likeness (QED) is 0.623. The van der Waals surface area contributed by atoms with Gasteiger partial charge in [-0.25, -0.2) is 9.37 Å². The van der Waals surface area contributed by atoms with Gasteiger partial charge in [0.15, 0.2) is 11.4 Å². The van der Waals surface area contributed by atoms with Gasteiger partial charge in [-0.1, -0.05) is 24.3 Å². The Balaban J connectivity index is 1.91. The number of halogens is 1. The van der Waals surface area contributed by atoms with E-state index in [0.717, 1.165) is 16.5 Å². The van der Waals surface area contributed by atoms with E-state index in [-0.39, 0.29) is 11.1 Å². The van der Waals surface area contributed by atoms with Gasteiger partial charge in [0.05, 0.1) is 12.0 Å². The SMILES string of the molecule is Cn1cc(-c2nc3ccc(CC(=O)O)c(F)c3o2)c2ccccc21. The Morgan fingerprint density at radius 1 is 1.29 bits per heavy atom. The van der Waals surface area contributed by atoms with Crippen molar-refractivity contribution in [1.82, 2.24) is 9.55 Å². The fourth-order valence-electron chi connectivity index (χ4n) is 2.93. The Bertz CT molecular complexity index is 1090. The second-order valence-corrected chi connectivity index (χ2v) is 5.65. The Labute approximate surface area is 136 Å². The molecule has 4 aromatic rings. The molecule has 4 rings (SSSR count). The summed E-state index contributed by atoms with van der Waals surface area (Å²) in [6.45, 7) is 0. The summed E-state index contributed by atoms with van der Waals surface area (Å²) in [4.78, 5) is 15.2. The molecule has 2 aromatic carbocycles. The molecule has 0 aliphatic rings. The highest BCUT2D eigenvalue weighted by atomic mass is 19.1. The third kappa shape index (κ3) is 2.15. The standard InChI is InChI=1S/C18H13FN2O3/c1-21-9-12(11-4-2-3-5-14(11)21)18-20-13-7-6-10(8-15(22)23)16(19)17(13)24-18/h2-7,9H,8H2,1H3,(H,22,23). The van der Waals surface area contributed by atoms with E-state index in [4.69, 9.17) is 9.52 Å². The zero-order valence-electron chi connectivity index (χ0n) is 12.8. The number of carboxylic acid groups (broad SMARTS) is 1. The fraction of sp³-hybridized carbons (Fsp3) is 0.111. The predicted molar refractivity (Wildman–Crippen MR) is 87.2 cm³/mol. The summed E-state index contributed by atoms with van der Waals surface area (Å²) in [5, 5.41) is 9.81. The van der Waals surface area contributed by atoms with Gasteiger partial charge in [0.25, 0.3) is 0 Å². The van der Waals surface area contributed by atoms with Crippen molar-refractivity contribution < 1.29 is 18.7 Å². The number of nitrogens with zero attached hydrogens (tertiary/aromatic N) is 2. The van der Waals surface area contributed by atoms with Gasteiger partial charge in [-0.05, 0) is 12.1 Å². The lowest BCUT2D eigenvalue weighted by molar-refractivity contribution is -0.136. The van der Waals surface area contributed by atoms with Gasteiger partial charge in [0.1, 0.15) is 5.52 Å². The molecule has 0 unspecified atom stereocenters. The average Bonchev–Trinajstić information content (AvgIpc) is 3.12. The van der Waals surface area contributed by atoms with E-state index in [1.165, 1.54) is 6.07 Å². The summed E-state index contributed by atoms with van der Waals surface area (Å²) in [6.07, 6.45) is 1.48. The summed E-state index contributed by atoms with van der Waals surface area (Å²) >= 11 is 0. The number of oxazole rings is 1. The molecule has 0 aliphatic heterocycles. The second kappa shape index (κ2) is 5.19. The zero-order valence-corrected chi connectivity index (χ0v) is 12.8. The molecule has 0 fully saturated rings. The molecular formula is C18H13FN2O3. The first-order valence-corrected chi connectivity index (χ1v) is 7.39. The van der Waals surface area contributed by atoms with Crippen molar-refractivity contribution in [3.63, 3.8) is 0 Å². The summed E-state index contributed by atoms with van der Waals surface area (Å²) in [5.41, 5.74) is 2.21. The van der Waals surface area contributed by atoms with Crippen LogP contribution in [0.2, 0.25) is 0 Å². The highest BCUT2D eigenvalue weighted by molar-refractivity contribution is 5.95. The minimum Gasteiger partial charge on any atom is -0.481 e. The number of benzene rings is 2. The molecule has 0 aliphatic carbocycles. The first-order valence-electron chi connectivity index (χ1n) is 7.39. The van der Waals surface area contributed by atoms with Crippen LogP contribution in [0.3, 0.4) is 0 Å². The predicted octanol–water partition coefficient (Wildman–Crippen LogP) is 3.75. The van der Waals surface area contributed by atoms with E-state index in [2.05, 4.69) is 4.98 Å². The fourth-order valence-corrected chi connectivity index (χ4v) is 2.93. The molecule has 1 N–H and O–H groups in total. The number of hydrogen-bond acceptors (Lipinski definition) is 3. The zero-order chi connectivity index (χ0) is 16.8. The lowest BCUT2D eigenvalue weighted by Gasteiger charge is -1.98. The van der Waals surface area contributed by atoms with Crippen LogP contribution in [0.25, 0.3) is 33.5 Å². The maximum Gasteiger partial charge on any atom is 0.307 e. The molecule has 0 amide bonds. The van der Waals surface area contributed by atoms with E-state index in [1.807, 2.05) is 42.1 Å². The monoisotopic (exact) mass is 324 g/mol. The van der Waals surface area contributed by atoms with Gasteiger partial charge in [-0.15, -0.1) is 0 Å². The molecule has 0 spiro atoms. The molecule has 0 radical (unpaired) electrons. The van der Waals surface area contributed by atoms with Crippen molar-refractivity contribution in [3.05, 3.63) is 54.0 Å². The van der Waals surface area contributed by atoms with Crippen molar-refractivity contribution >= 4 is 28.0 Å². The van der Waals surface area contributed by atoms with Crippen LogP contribution >= 0.6 is 0 Å². The normalized spacial score (nSPS) is 11.4. The van der Waals surface area contributed by atoms with Gasteiger partial charge in [-0.3, -0.25) is 4.79 Å². The van der Waals surface area contributed by atoms with E-state index in [9.17, 15) is 9.18 Å². The van der Waals surface area contributed by atoms with Crippen molar-refractivity contribution in [1.29, 1.82) is 0 Å². The largest absolute Gasteiger partial charge is 0.481 e. The first-order chi connectivity index (χ1) is 11.5. The number of carbonyl (C=O) groups is 1. The van der Waals surface area contributed by atoms with Crippen molar-refractivity contribution in [2.75, 3.05) is 0 Å². The molecule has 0 bridgehead atoms. The number of aryl methyl sites for hydroxylation is 1. The minimum absolute atomic E-state index is 0.0170. The Kier molecular flexibility index (Phi) is 3.13. The maximum absolute atomic E-state index is 14.5. The van der Waals surface area contributed by atoms with Gasteiger partial charge < -0.3 is 14.1 Å². The van der Waals surface area contributed by atoms with Gasteiger partial charge in [0.2, 0.25) is 5.89 Å². The third-order valence-corrected chi connectivity index (χ3v) is 4.05. The minimum atomic E-state index is -1.10. The Hall–Kier alpha value is -3.15. The molecule has 0 saturated carbocycles. The maximum atomic E-state index is 14.5. The average molecular weight is 324 g/mol. The lowest BCUT2D eigenvalue weighted by Crippen LogP contribution is -2.02. The molecule has 0 saturated heterocycles. The number of para-hydroxylation sites is 1. The van der Waals surface area contributed by atoms with Crippen LogP contribution in [0.1, 0.15) is 5.56 Å². The molecule has 2 aromatic heterocycles. The number of fused-ring (bicyclic) bond motifs is 2. The number of carboxylic acids is 1. The molecule has 5 nitrogen and oxygen atoms in total. The molecular weight excluding hydrogens is 311 g/mol. The second-order valence-electron chi connectivity index (χ2n) is 5.65. The summed E-state index contributed by atoms with van der Waals surface area (Å²) < 4.78 is 22.1. The van der Waals surface area contributed by atoms with E-state index in [1.54, 1.807) is 6.07 Å². The summed E-state index contributed by atoms with van der Waals surface area (Å²) in [6, 6.07) is 10.8. The van der Waals surface area contributed by atoms with Crippen molar-refractivity contribution in [2.45, 2.75) is 6.42 Å². The Morgan fingerprint density at radius 3 is 2.88 bits per heavy atom. The summed E-state index contributed by atoms with van der Waals surface area (Å²) in [5.74, 6) is -1.45. The van der Waals surface area contributed by atoms with E-state index >= 15 is 0 Å². The number of hydrogen-bond donors (Lipinski definition) is 1.